The number of amides is 1. The third-order valence-electron chi connectivity index (χ3n) is 7.25. The SMILES string of the molecule is COC(=O)c1ccc(Cn2cc(-c3ccc(Cl)cc3Cl)nc2C=Cc2ccc(-c3ccc(NC(=O)OC(C)(C)C)c(OC)c3)cc2)cc1. The zero-order valence-electron chi connectivity index (χ0n) is 27.2. The van der Waals surface area contributed by atoms with E-state index in [0.29, 0.717) is 39.3 Å². The van der Waals surface area contributed by atoms with E-state index in [9.17, 15) is 9.59 Å². The first-order chi connectivity index (χ1) is 22.9. The van der Waals surface area contributed by atoms with Gasteiger partial charge in [-0.15, -0.1) is 0 Å². The Morgan fingerprint density at radius 1 is 0.875 bits per heavy atom. The Kier molecular flexibility index (Phi) is 10.6. The first-order valence-electron chi connectivity index (χ1n) is 15.1. The minimum absolute atomic E-state index is 0.384. The summed E-state index contributed by atoms with van der Waals surface area (Å²) in [4.78, 5) is 29.1. The second-order valence-electron chi connectivity index (χ2n) is 11.9. The van der Waals surface area contributed by atoms with E-state index in [0.717, 1.165) is 33.6 Å². The predicted molar refractivity (Wildman–Crippen MR) is 192 cm³/mol. The van der Waals surface area contributed by atoms with Crippen LogP contribution in [0, 0.1) is 0 Å². The molecule has 0 spiro atoms. The fraction of sp³-hybridized carbons (Fsp3) is 0.184. The fourth-order valence-electron chi connectivity index (χ4n) is 4.92. The van der Waals surface area contributed by atoms with Gasteiger partial charge in [0.15, 0.2) is 0 Å². The fourth-order valence-corrected chi connectivity index (χ4v) is 5.43. The Bertz CT molecular complexity index is 1960. The summed E-state index contributed by atoms with van der Waals surface area (Å²) in [7, 11) is 2.92. The van der Waals surface area contributed by atoms with Crippen LogP contribution in [0.25, 0.3) is 34.5 Å². The van der Waals surface area contributed by atoms with Crippen molar-refractivity contribution in [1.82, 2.24) is 9.55 Å². The van der Waals surface area contributed by atoms with Crippen LogP contribution >= 0.6 is 23.2 Å². The van der Waals surface area contributed by atoms with E-state index in [-0.39, 0.29) is 5.97 Å². The third kappa shape index (κ3) is 8.64. The molecule has 1 heterocycles. The first-order valence-corrected chi connectivity index (χ1v) is 15.8. The molecule has 1 N–H and O–H groups in total. The lowest BCUT2D eigenvalue weighted by molar-refractivity contribution is 0.0598. The summed E-state index contributed by atoms with van der Waals surface area (Å²) in [6.07, 6.45) is 5.33. The maximum absolute atomic E-state index is 12.3. The number of carbonyl (C=O) groups excluding carboxylic acids is 2. The van der Waals surface area contributed by atoms with Crippen LogP contribution in [0.1, 0.15) is 48.1 Å². The minimum Gasteiger partial charge on any atom is -0.495 e. The van der Waals surface area contributed by atoms with Gasteiger partial charge in [-0.05, 0) is 91.6 Å². The molecule has 0 saturated heterocycles. The average Bonchev–Trinajstić information content (AvgIpc) is 3.45. The molecule has 0 aliphatic heterocycles. The predicted octanol–water partition coefficient (Wildman–Crippen LogP) is 9.88. The molecule has 0 saturated carbocycles. The third-order valence-corrected chi connectivity index (χ3v) is 7.80. The van der Waals surface area contributed by atoms with Crippen molar-refractivity contribution >= 4 is 53.1 Å². The van der Waals surface area contributed by atoms with Gasteiger partial charge in [0.2, 0.25) is 0 Å². The van der Waals surface area contributed by atoms with Crippen molar-refractivity contribution in [3.63, 3.8) is 0 Å². The van der Waals surface area contributed by atoms with Gasteiger partial charge in [-0.3, -0.25) is 5.32 Å². The molecule has 5 aromatic rings. The van der Waals surface area contributed by atoms with Crippen molar-refractivity contribution < 1.29 is 23.8 Å². The number of anilines is 1. The lowest BCUT2D eigenvalue weighted by Gasteiger charge is -2.20. The van der Waals surface area contributed by atoms with Gasteiger partial charge in [0, 0.05) is 23.3 Å². The molecule has 0 aliphatic carbocycles. The van der Waals surface area contributed by atoms with E-state index < -0.39 is 11.7 Å². The van der Waals surface area contributed by atoms with E-state index >= 15 is 0 Å². The van der Waals surface area contributed by atoms with E-state index in [1.54, 1.807) is 37.4 Å². The molecule has 4 aromatic carbocycles. The van der Waals surface area contributed by atoms with Crippen LogP contribution < -0.4 is 10.1 Å². The summed E-state index contributed by atoms with van der Waals surface area (Å²) in [6.45, 7) is 5.94. The van der Waals surface area contributed by atoms with Crippen LogP contribution in [0.15, 0.2) is 91.1 Å². The Morgan fingerprint density at radius 2 is 1.58 bits per heavy atom. The van der Waals surface area contributed by atoms with Crippen LogP contribution in [-0.4, -0.2) is 41.4 Å². The number of nitrogens with zero attached hydrogens (tertiary/aromatic N) is 2. The number of ether oxygens (including phenoxy) is 3. The molecule has 0 radical (unpaired) electrons. The number of esters is 1. The van der Waals surface area contributed by atoms with Gasteiger partial charge in [-0.1, -0.05) is 71.7 Å². The van der Waals surface area contributed by atoms with Crippen LogP contribution in [0.5, 0.6) is 5.75 Å². The topological polar surface area (TPSA) is 91.7 Å². The number of benzene rings is 4. The molecule has 0 aliphatic rings. The largest absolute Gasteiger partial charge is 0.495 e. The molecule has 0 bridgehead atoms. The van der Waals surface area contributed by atoms with E-state index in [4.69, 9.17) is 42.4 Å². The van der Waals surface area contributed by atoms with E-state index in [1.165, 1.54) is 7.11 Å². The molecule has 0 atom stereocenters. The van der Waals surface area contributed by atoms with Crippen molar-refractivity contribution in [2.75, 3.05) is 19.5 Å². The highest BCUT2D eigenvalue weighted by Gasteiger charge is 2.18. The van der Waals surface area contributed by atoms with Gasteiger partial charge in [-0.2, -0.15) is 0 Å². The number of halogens is 2. The van der Waals surface area contributed by atoms with Crippen LogP contribution in [0.2, 0.25) is 10.0 Å². The number of rotatable bonds is 9. The summed E-state index contributed by atoms with van der Waals surface area (Å²) in [5.41, 5.74) is 5.71. The van der Waals surface area contributed by atoms with Crippen LogP contribution in [-0.2, 0) is 16.0 Å². The normalized spacial score (nSPS) is 11.4. The summed E-state index contributed by atoms with van der Waals surface area (Å²) in [5, 5.41) is 3.80. The van der Waals surface area contributed by atoms with Crippen molar-refractivity contribution in [2.24, 2.45) is 0 Å². The summed E-state index contributed by atoms with van der Waals surface area (Å²) < 4.78 is 17.8. The summed E-state index contributed by atoms with van der Waals surface area (Å²) in [6, 6.07) is 26.2. The second kappa shape index (κ2) is 14.8. The molecular weight excluding hydrogens is 649 g/mol. The molecule has 0 fully saturated rings. The molecule has 246 valence electrons. The monoisotopic (exact) mass is 683 g/mol. The lowest BCUT2D eigenvalue weighted by Crippen LogP contribution is -2.27. The van der Waals surface area contributed by atoms with Gasteiger partial charge in [-0.25, -0.2) is 14.6 Å². The van der Waals surface area contributed by atoms with Gasteiger partial charge in [0.1, 0.15) is 17.2 Å². The van der Waals surface area contributed by atoms with Crippen molar-refractivity contribution in [2.45, 2.75) is 32.9 Å². The van der Waals surface area contributed by atoms with Crippen molar-refractivity contribution in [1.29, 1.82) is 0 Å². The van der Waals surface area contributed by atoms with Crippen LogP contribution in [0.3, 0.4) is 0 Å². The maximum Gasteiger partial charge on any atom is 0.412 e. The molecule has 1 amide bonds. The smallest absolute Gasteiger partial charge is 0.412 e. The highest BCUT2D eigenvalue weighted by molar-refractivity contribution is 6.36. The summed E-state index contributed by atoms with van der Waals surface area (Å²) >= 11 is 12.7. The molecule has 8 nitrogen and oxygen atoms in total. The Labute approximate surface area is 289 Å². The summed E-state index contributed by atoms with van der Waals surface area (Å²) in [5.74, 6) is 0.852. The zero-order valence-corrected chi connectivity index (χ0v) is 28.7. The minimum atomic E-state index is -0.613. The van der Waals surface area contributed by atoms with Gasteiger partial charge < -0.3 is 18.8 Å². The lowest BCUT2D eigenvalue weighted by atomic mass is 10.0. The van der Waals surface area contributed by atoms with Crippen LogP contribution in [0.4, 0.5) is 10.5 Å². The standard InChI is InChI=1S/C38H35Cl2N3O5/c1-38(2,3)48-37(45)42-32-18-15-28(20-34(32)46-4)26-11-6-24(7-12-26)10-19-35-41-33(30-17-16-29(39)21-31(30)40)23-43(35)22-25-8-13-27(14-9-25)36(44)47-5/h6-21,23H,22H2,1-5H3,(H,42,45). The molecular formula is C38H35Cl2N3O5. The highest BCUT2D eigenvalue weighted by atomic mass is 35.5. The van der Waals surface area contributed by atoms with E-state index in [2.05, 4.69) is 5.32 Å². The number of hydrogen-bond acceptors (Lipinski definition) is 6. The Morgan fingerprint density at radius 3 is 2.23 bits per heavy atom. The first kappa shape index (κ1) is 34.3. The maximum atomic E-state index is 12.3. The number of aromatic nitrogens is 2. The second-order valence-corrected chi connectivity index (χ2v) is 12.8. The zero-order chi connectivity index (χ0) is 34.4. The molecule has 0 unspecified atom stereocenters. The van der Waals surface area contributed by atoms with E-state index in [1.807, 2.05) is 98.3 Å². The number of nitrogens with one attached hydrogen (secondary N) is 1. The van der Waals surface area contributed by atoms with Gasteiger partial charge >= 0.3 is 12.1 Å². The van der Waals surface area contributed by atoms with Gasteiger partial charge in [0.25, 0.3) is 0 Å². The average molecular weight is 685 g/mol. The van der Waals surface area contributed by atoms with Crippen molar-refractivity contribution in [3.05, 3.63) is 124 Å². The molecule has 5 rings (SSSR count). The number of methoxy groups -OCH3 is 2. The number of carbonyl (C=O) groups is 2. The Hall–Kier alpha value is -5.05. The number of imidazole rings is 1. The quantitative estimate of drug-likeness (QED) is 0.156. The van der Waals surface area contributed by atoms with Crippen molar-refractivity contribution in [3.8, 4) is 28.1 Å². The molecule has 1 aromatic heterocycles. The molecule has 48 heavy (non-hydrogen) atoms. The highest BCUT2D eigenvalue weighted by Crippen LogP contribution is 2.33. The van der Waals surface area contributed by atoms with Gasteiger partial charge in [0.05, 0.1) is 36.2 Å². The number of hydrogen-bond donors (Lipinski definition) is 1. The Balaban J connectivity index is 1.38. The molecule has 10 heteroatoms.